The Balaban J connectivity index is 2.24. The number of halogens is 1. The standard InChI is InChI=1S/C12H17FN2O2/c1-9-8-10(5-6-11(9)13)17-7-3-2-4-12(14)15-16/h5-6,8,16H,2-4,7H2,1H3,(H2,14,15). The van der Waals surface area contributed by atoms with Crippen LogP contribution in [-0.2, 0) is 0 Å². The zero-order valence-corrected chi connectivity index (χ0v) is 9.82. The molecule has 0 bridgehead atoms. The average Bonchev–Trinajstić information content (AvgIpc) is 2.33. The van der Waals surface area contributed by atoms with Gasteiger partial charge in [-0.15, -0.1) is 0 Å². The van der Waals surface area contributed by atoms with Crippen molar-refractivity contribution in [2.75, 3.05) is 6.61 Å². The number of hydrogen-bond donors (Lipinski definition) is 2. The van der Waals surface area contributed by atoms with Crippen molar-refractivity contribution in [3.05, 3.63) is 29.6 Å². The maximum atomic E-state index is 13.0. The minimum atomic E-state index is -0.232. The minimum Gasteiger partial charge on any atom is -0.494 e. The van der Waals surface area contributed by atoms with Gasteiger partial charge in [-0.05, 0) is 43.5 Å². The van der Waals surface area contributed by atoms with Gasteiger partial charge in [0.15, 0.2) is 0 Å². The number of amidine groups is 1. The van der Waals surface area contributed by atoms with E-state index in [0.29, 0.717) is 24.3 Å². The third-order valence-electron chi connectivity index (χ3n) is 2.35. The predicted octanol–water partition coefficient (Wildman–Crippen LogP) is 2.43. The van der Waals surface area contributed by atoms with E-state index in [4.69, 9.17) is 15.7 Å². The lowest BCUT2D eigenvalue weighted by atomic mass is 10.2. The molecule has 0 spiro atoms. The van der Waals surface area contributed by atoms with Crippen molar-refractivity contribution in [1.29, 1.82) is 0 Å². The average molecular weight is 240 g/mol. The van der Waals surface area contributed by atoms with Crippen LogP contribution in [0.25, 0.3) is 0 Å². The number of oxime groups is 1. The van der Waals surface area contributed by atoms with Crippen LogP contribution in [0.5, 0.6) is 5.75 Å². The smallest absolute Gasteiger partial charge is 0.139 e. The van der Waals surface area contributed by atoms with E-state index >= 15 is 0 Å². The SMILES string of the molecule is Cc1cc(OCCCC/C(N)=N/O)ccc1F. The lowest BCUT2D eigenvalue weighted by Gasteiger charge is -2.07. The van der Waals surface area contributed by atoms with Crippen LogP contribution in [0.3, 0.4) is 0 Å². The molecule has 1 aromatic carbocycles. The van der Waals surface area contributed by atoms with Crippen LogP contribution >= 0.6 is 0 Å². The highest BCUT2D eigenvalue weighted by Crippen LogP contribution is 2.16. The maximum Gasteiger partial charge on any atom is 0.139 e. The largest absolute Gasteiger partial charge is 0.494 e. The predicted molar refractivity (Wildman–Crippen MR) is 63.9 cm³/mol. The molecule has 0 amide bonds. The molecule has 0 aliphatic heterocycles. The fourth-order valence-electron chi connectivity index (χ4n) is 1.36. The quantitative estimate of drug-likeness (QED) is 0.264. The van der Waals surface area contributed by atoms with E-state index in [9.17, 15) is 4.39 Å². The molecular formula is C12H17FN2O2. The number of aryl methyl sites for hydroxylation is 1. The van der Waals surface area contributed by atoms with Crippen LogP contribution in [0.15, 0.2) is 23.4 Å². The number of hydrogen-bond acceptors (Lipinski definition) is 3. The molecule has 1 aromatic rings. The summed E-state index contributed by atoms with van der Waals surface area (Å²) in [7, 11) is 0. The Morgan fingerprint density at radius 1 is 1.47 bits per heavy atom. The summed E-state index contributed by atoms with van der Waals surface area (Å²) in [5, 5.41) is 11.2. The molecule has 0 radical (unpaired) electrons. The second-order valence-corrected chi connectivity index (χ2v) is 3.81. The summed E-state index contributed by atoms with van der Waals surface area (Å²) >= 11 is 0. The van der Waals surface area contributed by atoms with Crippen LogP contribution in [-0.4, -0.2) is 17.6 Å². The molecule has 17 heavy (non-hydrogen) atoms. The third kappa shape index (κ3) is 4.72. The van der Waals surface area contributed by atoms with Crippen LogP contribution in [0.2, 0.25) is 0 Å². The summed E-state index contributed by atoms with van der Waals surface area (Å²) < 4.78 is 18.4. The Morgan fingerprint density at radius 3 is 2.88 bits per heavy atom. The number of rotatable bonds is 6. The van der Waals surface area contributed by atoms with Crippen LogP contribution in [0.1, 0.15) is 24.8 Å². The fraction of sp³-hybridized carbons (Fsp3) is 0.417. The molecule has 0 aromatic heterocycles. The first-order valence-electron chi connectivity index (χ1n) is 5.49. The Morgan fingerprint density at radius 2 is 2.24 bits per heavy atom. The van der Waals surface area contributed by atoms with E-state index in [2.05, 4.69) is 5.16 Å². The first kappa shape index (κ1) is 13.3. The summed E-state index contributed by atoms with van der Waals surface area (Å²) in [6.45, 7) is 2.23. The Kier molecular flexibility index (Phi) is 5.26. The van der Waals surface area contributed by atoms with Gasteiger partial charge in [-0.2, -0.15) is 0 Å². The lowest BCUT2D eigenvalue weighted by molar-refractivity contribution is 0.304. The van der Waals surface area contributed by atoms with Crippen LogP contribution < -0.4 is 10.5 Å². The zero-order chi connectivity index (χ0) is 12.7. The number of nitrogens with two attached hydrogens (primary N) is 1. The fourth-order valence-corrected chi connectivity index (χ4v) is 1.36. The molecule has 0 unspecified atom stereocenters. The van der Waals surface area contributed by atoms with Crippen LogP contribution in [0, 0.1) is 12.7 Å². The van der Waals surface area contributed by atoms with Crippen molar-refractivity contribution in [2.45, 2.75) is 26.2 Å². The number of nitrogens with zero attached hydrogens (tertiary/aromatic N) is 1. The van der Waals surface area contributed by atoms with Crippen molar-refractivity contribution in [3.63, 3.8) is 0 Å². The Bertz CT molecular complexity index is 394. The lowest BCUT2D eigenvalue weighted by Crippen LogP contribution is -2.11. The summed E-state index contributed by atoms with van der Waals surface area (Å²) in [6.07, 6.45) is 2.13. The molecule has 0 aliphatic carbocycles. The van der Waals surface area contributed by atoms with Gasteiger partial charge in [-0.3, -0.25) is 0 Å². The van der Waals surface area contributed by atoms with E-state index < -0.39 is 0 Å². The van der Waals surface area contributed by atoms with Crippen molar-refractivity contribution in [2.24, 2.45) is 10.9 Å². The molecule has 0 heterocycles. The van der Waals surface area contributed by atoms with Crippen molar-refractivity contribution >= 4 is 5.84 Å². The topological polar surface area (TPSA) is 67.8 Å². The third-order valence-corrected chi connectivity index (χ3v) is 2.35. The first-order valence-corrected chi connectivity index (χ1v) is 5.49. The highest BCUT2D eigenvalue weighted by atomic mass is 19.1. The van der Waals surface area contributed by atoms with Gasteiger partial charge in [0.1, 0.15) is 17.4 Å². The minimum absolute atomic E-state index is 0.225. The highest BCUT2D eigenvalue weighted by Gasteiger charge is 2.00. The molecule has 0 aliphatic rings. The van der Waals surface area contributed by atoms with Gasteiger partial charge < -0.3 is 15.7 Å². The van der Waals surface area contributed by atoms with E-state index in [0.717, 1.165) is 12.8 Å². The summed E-state index contributed by atoms with van der Waals surface area (Å²) in [5.41, 5.74) is 5.89. The maximum absolute atomic E-state index is 13.0. The second-order valence-electron chi connectivity index (χ2n) is 3.81. The van der Waals surface area contributed by atoms with E-state index in [1.807, 2.05) is 0 Å². The summed E-state index contributed by atoms with van der Waals surface area (Å²) in [6, 6.07) is 4.66. The molecule has 0 saturated carbocycles. The zero-order valence-electron chi connectivity index (χ0n) is 9.82. The van der Waals surface area contributed by atoms with E-state index in [1.165, 1.54) is 6.07 Å². The monoisotopic (exact) mass is 240 g/mol. The van der Waals surface area contributed by atoms with Gasteiger partial charge in [-0.1, -0.05) is 5.16 Å². The normalized spacial score (nSPS) is 11.5. The Hall–Kier alpha value is -1.78. The molecule has 3 N–H and O–H groups in total. The van der Waals surface area contributed by atoms with Crippen molar-refractivity contribution < 1.29 is 14.3 Å². The first-order chi connectivity index (χ1) is 8.13. The summed E-state index contributed by atoms with van der Waals surface area (Å²) in [4.78, 5) is 0. The van der Waals surface area contributed by atoms with Gasteiger partial charge in [-0.25, -0.2) is 4.39 Å². The van der Waals surface area contributed by atoms with Gasteiger partial charge in [0.25, 0.3) is 0 Å². The van der Waals surface area contributed by atoms with E-state index in [1.54, 1.807) is 19.1 Å². The van der Waals surface area contributed by atoms with Gasteiger partial charge in [0.2, 0.25) is 0 Å². The molecule has 94 valence electrons. The van der Waals surface area contributed by atoms with Gasteiger partial charge in [0.05, 0.1) is 6.61 Å². The molecule has 5 heteroatoms. The van der Waals surface area contributed by atoms with Crippen LogP contribution in [0.4, 0.5) is 4.39 Å². The number of benzene rings is 1. The molecule has 1 rings (SSSR count). The van der Waals surface area contributed by atoms with Crippen molar-refractivity contribution in [3.8, 4) is 5.75 Å². The molecule has 0 fully saturated rings. The van der Waals surface area contributed by atoms with Gasteiger partial charge in [0, 0.05) is 6.42 Å². The van der Waals surface area contributed by atoms with Crippen molar-refractivity contribution in [1.82, 2.24) is 0 Å². The number of unbranched alkanes of at least 4 members (excludes halogenated alkanes) is 1. The molecule has 0 atom stereocenters. The highest BCUT2D eigenvalue weighted by molar-refractivity contribution is 5.79. The number of ether oxygens (including phenoxy) is 1. The molecule has 0 saturated heterocycles. The van der Waals surface area contributed by atoms with E-state index in [-0.39, 0.29) is 11.7 Å². The molecule has 4 nitrogen and oxygen atoms in total. The van der Waals surface area contributed by atoms with Gasteiger partial charge >= 0.3 is 0 Å². The summed E-state index contributed by atoms with van der Waals surface area (Å²) in [5.74, 6) is 0.652. The molecular weight excluding hydrogens is 223 g/mol. The second kappa shape index (κ2) is 6.73. The Labute approximate surface area is 99.9 Å².